The molecule has 1 aromatic carbocycles. The zero-order valence-corrected chi connectivity index (χ0v) is 12.4. The van der Waals surface area contributed by atoms with Crippen LogP contribution in [0.5, 0.6) is 0 Å². The monoisotopic (exact) mass is 283 g/mol. The average Bonchev–Trinajstić information content (AvgIpc) is 2.38. The van der Waals surface area contributed by atoms with Gasteiger partial charge in [0.25, 0.3) is 5.69 Å². The van der Waals surface area contributed by atoms with Crippen LogP contribution < -0.4 is 0 Å². The highest BCUT2D eigenvalue weighted by Crippen LogP contribution is 2.28. The fourth-order valence-corrected chi connectivity index (χ4v) is 2.90. The van der Waals surface area contributed by atoms with E-state index in [1.165, 1.54) is 0 Å². The second-order valence-electron chi connectivity index (χ2n) is 4.94. The van der Waals surface area contributed by atoms with E-state index in [4.69, 9.17) is 11.6 Å². The third kappa shape index (κ3) is 4.83. The van der Waals surface area contributed by atoms with Gasteiger partial charge in [0.05, 0.1) is 4.92 Å². The van der Waals surface area contributed by atoms with Gasteiger partial charge in [0.15, 0.2) is 0 Å². The van der Waals surface area contributed by atoms with Gasteiger partial charge in [0.2, 0.25) is 0 Å². The molecule has 0 aliphatic heterocycles. The van der Waals surface area contributed by atoms with Crippen molar-refractivity contribution in [3.8, 4) is 0 Å². The Kier molecular flexibility index (Phi) is 6.85. The molecule has 19 heavy (non-hydrogen) atoms. The third-order valence-corrected chi connectivity index (χ3v) is 3.94. The molecule has 0 aliphatic rings. The van der Waals surface area contributed by atoms with Crippen molar-refractivity contribution in [1.29, 1.82) is 0 Å². The lowest BCUT2D eigenvalue weighted by molar-refractivity contribution is -0.385. The first-order valence-corrected chi connectivity index (χ1v) is 7.40. The minimum absolute atomic E-state index is 0.0269. The smallest absolute Gasteiger partial charge is 0.258 e. The SMILES string of the molecule is CCCC(CCC)C(Cl)Cc1ccccc1[N+](=O)[O-]. The van der Waals surface area contributed by atoms with Gasteiger partial charge in [-0.1, -0.05) is 44.9 Å². The molecular weight excluding hydrogens is 262 g/mol. The molecule has 0 fully saturated rings. The molecule has 0 aromatic heterocycles. The minimum atomic E-state index is -0.326. The van der Waals surface area contributed by atoms with Gasteiger partial charge < -0.3 is 0 Å². The lowest BCUT2D eigenvalue weighted by Crippen LogP contribution is -2.18. The number of benzene rings is 1. The molecular formula is C15H22ClNO2. The predicted molar refractivity (Wildman–Crippen MR) is 79.7 cm³/mol. The van der Waals surface area contributed by atoms with Crippen molar-refractivity contribution < 1.29 is 4.92 Å². The van der Waals surface area contributed by atoms with Crippen LogP contribution in [0.4, 0.5) is 5.69 Å². The van der Waals surface area contributed by atoms with Gasteiger partial charge in [-0.05, 0) is 25.2 Å². The molecule has 0 heterocycles. The van der Waals surface area contributed by atoms with Crippen molar-refractivity contribution in [1.82, 2.24) is 0 Å². The summed E-state index contributed by atoms with van der Waals surface area (Å²) in [6.07, 6.45) is 4.95. The van der Waals surface area contributed by atoms with Crippen LogP contribution in [-0.4, -0.2) is 10.3 Å². The molecule has 0 radical (unpaired) electrons. The third-order valence-electron chi connectivity index (χ3n) is 3.43. The molecule has 1 atom stereocenters. The zero-order chi connectivity index (χ0) is 14.3. The van der Waals surface area contributed by atoms with Crippen molar-refractivity contribution in [2.75, 3.05) is 0 Å². The summed E-state index contributed by atoms with van der Waals surface area (Å²) in [5.74, 6) is 0.441. The molecule has 0 N–H and O–H groups in total. The first kappa shape index (κ1) is 16.0. The summed E-state index contributed by atoms with van der Waals surface area (Å²) in [7, 11) is 0. The summed E-state index contributed by atoms with van der Waals surface area (Å²) in [4.78, 5) is 10.7. The summed E-state index contributed by atoms with van der Waals surface area (Å²) < 4.78 is 0. The maximum Gasteiger partial charge on any atom is 0.272 e. The largest absolute Gasteiger partial charge is 0.272 e. The topological polar surface area (TPSA) is 43.1 Å². The molecule has 4 heteroatoms. The second kappa shape index (κ2) is 8.16. The van der Waals surface area contributed by atoms with Gasteiger partial charge in [-0.2, -0.15) is 0 Å². The van der Waals surface area contributed by atoms with Crippen LogP contribution in [0.1, 0.15) is 45.1 Å². The van der Waals surface area contributed by atoms with Gasteiger partial charge in [0, 0.05) is 17.0 Å². The molecule has 0 aliphatic carbocycles. The van der Waals surface area contributed by atoms with Gasteiger partial charge in [-0.25, -0.2) is 0 Å². The van der Waals surface area contributed by atoms with E-state index in [1.807, 2.05) is 12.1 Å². The van der Waals surface area contributed by atoms with Crippen molar-refractivity contribution in [2.45, 2.75) is 51.3 Å². The molecule has 0 spiro atoms. The van der Waals surface area contributed by atoms with E-state index in [0.717, 1.165) is 31.2 Å². The molecule has 1 aromatic rings. The van der Waals surface area contributed by atoms with Crippen LogP contribution in [0.3, 0.4) is 0 Å². The molecule has 3 nitrogen and oxygen atoms in total. The van der Waals surface area contributed by atoms with E-state index in [2.05, 4.69) is 13.8 Å². The molecule has 1 rings (SSSR count). The first-order valence-electron chi connectivity index (χ1n) is 6.96. The number of nitro groups is 1. The van der Waals surface area contributed by atoms with E-state index in [-0.39, 0.29) is 16.0 Å². The van der Waals surface area contributed by atoms with Gasteiger partial charge in [-0.15, -0.1) is 11.6 Å². The Morgan fingerprint density at radius 2 is 1.79 bits per heavy atom. The summed E-state index contributed by atoms with van der Waals surface area (Å²) >= 11 is 6.49. The minimum Gasteiger partial charge on any atom is -0.258 e. The maximum absolute atomic E-state index is 11.0. The maximum atomic E-state index is 11.0. The number of nitro benzene ring substituents is 1. The molecule has 1 unspecified atom stereocenters. The van der Waals surface area contributed by atoms with Gasteiger partial charge in [0.1, 0.15) is 0 Å². The molecule has 0 amide bonds. The Morgan fingerprint density at radius 3 is 2.32 bits per heavy atom. The van der Waals surface area contributed by atoms with E-state index >= 15 is 0 Å². The van der Waals surface area contributed by atoms with Crippen molar-refractivity contribution >= 4 is 17.3 Å². The van der Waals surface area contributed by atoms with Crippen molar-refractivity contribution in [2.24, 2.45) is 5.92 Å². The van der Waals surface area contributed by atoms with Crippen LogP contribution in [0, 0.1) is 16.0 Å². The van der Waals surface area contributed by atoms with Crippen LogP contribution in [-0.2, 0) is 6.42 Å². The van der Waals surface area contributed by atoms with Crippen LogP contribution >= 0.6 is 11.6 Å². The Bertz CT molecular complexity index is 403. The highest BCUT2D eigenvalue weighted by atomic mass is 35.5. The second-order valence-corrected chi connectivity index (χ2v) is 5.50. The Labute approximate surface area is 120 Å². The lowest BCUT2D eigenvalue weighted by atomic mass is 9.90. The van der Waals surface area contributed by atoms with E-state index in [0.29, 0.717) is 12.3 Å². The number of hydrogen-bond acceptors (Lipinski definition) is 2. The van der Waals surface area contributed by atoms with E-state index in [1.54, 1.807) is 12.1 Å². The molecule has 106 valence electrons. The number of halogens is 1. The number of para-hydroxylation sites is 1. The van der Waals surface area contributed by atoms with Crippen LogP contribution in [0.25, 0.3) is 0 Å². The summed E-state index contributed by atoms with van der Waals surface area (Å²) in [5.41, 5.74) is 0.921. The summed E-state index contributed by atoms with van der Waals surface area (Å²) in [6.45, 7) is 4.30. The first-order chi connectivity index (χ1) is 9.10. The summed E-state index contributed by atoms with van der Waals surface area (Å²) in [6, 6.07) is 6.89. The zero-order valence-electron chi connectivity index (χ0n) is 11.6. The predicted octanol–water partition coefficient (Wildman–Crippen LogP) is 4.96. The Hall–Kier alpha value is -1.09. The van der Waals surface area contributed by atoms with Crippen LogP contribution in [0.15, 0.2) is 24.3 Å². The van der Waals surface area contributed by atoms with Gasteiger partial charge >= 0.3 is 0 Å². The molecule has 0 saturated heterocycles. The average molecular weight is 284 g/mol. The standard InChI is InChI=1S/C15H22ClNO2/c1-3-7-12(8-4-2)14(16)11-13-9-5-6-10-15(13)17(18)19/h5-6,9-10,12,14H,3-4,7-8,11H2,1-2H3. The Balaban J connectivity index is 2.79. The quantitative estimate of drug-likeness (QED) is 0.384. The normalized spacial score (nSPS) is 12.6. The number of nitrogens with zero attached hydrogens (tertiary/aromatic N) is 1. The fraction of sp³-hybridized carbons (Fsp3) is 0.600. The van der Waals surface area contributed by atoms with Crippen molar-refractivity contribution in [3.05, 3.63) is 39.9 Å². The van der Waals surface area contributed by atoms with E-state index in [9.17, 15) is 10.1 Å². The number of hydrogen-bond donors (Lipinski definition) is 0. The lowest BCUT2D eigenvalue weighted by Gasteiger charge is -2.21. The molecule has 0 bridgehead atoms. The Morgan fingerprint density at radius 1 is 1.21 bits per heavy atom. The van der Waals surface area contributed by atoms with Gasteiger partial charge in [-0.3, -0.25) is 10.1 Å². The number of rotatable bonds is 8. The van der Waals surface area contributed by atoms with Crippen molar-refractivity contribution in [3.63, 3.8) is 0 Å². The molecule has 0 saturated carbocycles. The van der Waals surface area contributed by atoms with E-state index < -0.39 is 0 Å². The fourth-order valence-electron chi connectivity index (χ4n) is 2.49. The van der Waals surface area contributed by atoms with Crippen LogP contribution in [0.2, 0.25) is 0 Å². The number of alkyl halides is 1. The highest BCUT2D eigenvalue weighted by Gasteiger charge is 2.22. The highest BCUT2D eigenvalue weighted by molar-refractivity contribution is 6.21. The summed E-state index contributed by atoms with van der Waals surface area (Å²) in [5, 5.41) is 11.0.